The van der Waals surface area contributed by atoms with Gasteiger partial charge >= 0.3 is 0 Å². The molecule has 0 aliphatic rings. The van der Waals surface area contributed by atoms with Crippen LogP contribution in [0.4, 0.5) is 0 Å². The molecule has 0 saturated carbocycles. The molecule has 1 rings (SSSR count). The summed E-state index contributed by atoms with van der Waals surface area (Å²) in [6, 6.07) is 3.60. The summed E-state index contributed by atoms with van der Waals surface area (Å²) in [4.78, 5) is 3.88. The number of pyridine rings is 1. The minimum Gasteiger partial charge on any atom is -0.264 e. The Labute approximate surface area is 77.8 Å². The lowest BCUT2D eigenvalue weighted by atomic mass is 10.2. The van der Waals surface area contributed by atoms with Gasteiger partial charge in [0, 0.05) is 12.4 Å². The first kappa shape index (κ1) is 10.1. The smallest absolute Gasteiger partial charge is 0.212 e. The van der Waals surface area contributed by atoms with E-state index in [-0.39, 0.29) is 0 Å². The van der Waals surface area contributed by atoms with Crippen molar-refractivity contribution in [1.29, 1.82) is 0 Å². The number of rotatable bonds is 3. The highest BCUT2D eigenvalue weighted by molar-refractivity contribution is 7.89. The fourth-order valence-corrected chi connectivity index (χ4v) is 1.39. The zero-order chi connectivity index (χ0) is 9.90. The van der Waals surface area contributed by atoms with Gasteiger partial charge in [-0.2, -0.15) is 0 Å². The number of sulfonamides is 1. The topological polar surface area (TPSA) is 73.0 Å². The van der Waals surface area contributed by atoms with Gasteiger partial charge in [0.25, 0.3) is 0 Å². The van der Waals surface area contributed by atoms with E-state index in [0.717, 1.165) is 5.56 Å². The Morgan fingerprint density at radius 1 is 1.62 bits per heavy atom. The number of primary sulfonamides is 1. The Bertz CT molecular complexity index is 361. The van der Waals surface area contributed by atoms with E-state index in [2.05, 4.69) is 4.98 Å². The second-order valence-corrected chi connectivity index (χ2v) is 4.95. The normalized spacial score (nSPS) is 14.0. The lowest BCUT2D eigenvalue weighted by Crippen LogP contribution is -2.27. The number of nitrogens with zero attached hydrogens (tertiary/aromatic N) is 1. The lowest BCUT2D eigenvalue weighted by Gasteiger charge is -2.07. The molecule has 0 bridgehead atoms. The lowest BCUT2D eigenvalue weighted by molar-refractivity contribution is 0.584. The first-order valence-electron chi connectivity index (χ1n) is 3.90. The van der Waals surface area contributed by atoms with Gasteiger partial charge in [0.2, 0.25) is 10.0 Å². The highest BCUT2D eigenvalue weighted by atomic mass is 32.2. The average Bonchev–Trinajstić information content (AvgIpc) is 2.04. The quantitative estimate of drug-likeness (QED) is 0.762. The summed E-state index contributed by atoms with van der Waals surface area (Å²) < 4.78 is 21.8. The maximum atomic E-state index is 10.9. The van der Waals surface area contributed by atoms with Gasteiger partial charge in [0.05, 0.1) is 5.25 Å². The molecule has 13 heavy (non-hydrogen) atoms. The molecule has 5 heteroatoms. The summed E-state index contributed by atoms with van der Waals surface area (Å²) >= 11 is 0. The van der Waals surface area contributed by atoms with E-state index >= 15 is 0 Å². The van der Waals surface area contributed by atoms with Crippen molar-refractivity contribution in [1.82, 2.24) is 4.98 Å². The number of nitrogens with two attached hydrogens (primary N) is 1. The highest BCUT2D eigenvalue weighted by Gasteiger charge is 2.15. The molecule has 0 amide bonds. The maximum Gasteiger partial charge on any atom is 0.212 e. The molecule has 4 nitrogen and oxygen atoms in total. The molecule has 1 unspecified atom stereocenters. The van der Waals surface area contributed by atoms with E-state index < -0.39 is 15.3 Å². The molecule has 1 atom stereocenters. The fourth-order valence-electron chi connectivity index (χ4n) is 0.967. The largest absolute Gasteiger partial charge is 0.264 e. The molecule has 0 radical (unpaired) electrons. The molecule has 72 valence electrons. The zero-order valence-electron chi connectivity index (χ0n) is 7.34. The molecular formula is C8H12N2O2S. The Kier molecular flexibility index (Phi) is 3.00. The minimum atomic E-state index is -3.43. The Morgan fingerprint density at radius 2 is 2.31 bits per heavy atom. The number of aromatic nitrogens is 1. The van der Waals surface area contributed by atoms with Gasteiger partial charge in [-0.05, 0) is 25.0 Å². The highest BCUT2D eigenvalue weighted by Crippen LogP contribution is 2.05. The van der Waals surface area contributed by atoms with Crippen LogP contribution in [0.3, 0.4) is 0 Å². The third-order valence-electron chi connectivity index (χ3n) is 1.81. The van der Waals surface area contributed by atoms with Crippen LogP contribution in [-0.2, 0) is 16.4 Å². The second-order valence-electron chi connectivity index (χ2n) is 2.97. The monoisotopic (exact) mass is 200 g/mol. The SMILES string of the molecule is CC(Cc1cccnc1)S(N)(=O)=O. The third kappa shape index (κ3) is 3.12. The molecule has 1 aromatic heterocycles. The summed E-state index contributed by atoms with van der Waals surface area (Å²) in [7, 11) is -3.43. The number of hydrogen-bond acceptors (Lipinski definition) is 3. The molecule has 0 saturated heterocycles. The Morgan fingerprint density at radius 3 is 2.77 bits per heavy atom. The van der Waals surface area contributed by atoms with Crippen LogP contribution in [0, 0.1) is 0 Å². The summed E-state index contributed by atoms with van der Waals surface area (Å²) in [5.41, 5.74) is 0.879. The Hall–Kier alpha value is -0.940. The molecule has 0 aliphatic carbocycles. The first-order valence-corrected chi connectivity index (χ1v) is 5.51. The van der Waals surface area contributed by atoms with E-state index in [9.17, 15) is 8.42 Å². The van der Waals surface area contributed by atoms with Crippen LogP contribution in [0.2, 0.25) is 0 Å². The van der Waals surface area contributed by atoms with Crippen molar-refractivity contribution < 1.29 is 8.42 Å². The minimum absolute atomic E-state index is 0.409. The summed E-state index contributed by atoms with van der Waals surface area (Å²) in [5.74, 6) is 0. The predicted molar refractivity (Wildman–Crippen MR) is 50.5 cm³/mol. The predicted octanol–water partition coefficient (Wildman–Crippen LogP) is 0.301. The fraction of sp³-hybridized carbons (Fsp3) is 0.375. The van der Waals surface area contributed by atoms with Gasteiger partial charge < -0.3 is 0 Å². The van der Waals surface area contributed by atoms with Gasteiger partial charge in [-0.15, -0.1) is 0 Å². The molecule has 0 spiro atoms. The van der Waals surface area contributed by atoms with E-state index in [4.69, 9.17) is 5.14 Å². The van der Waals surface area contributed by atoms with E-state index in [0.29, 0.717) is 6.42 Å². The summed E-state index contributed by atoms with van der Waals surface area (Å²) in [5, 5.41) is 4.42. The van der Waals surface area contributed by atoms with Crippen molar-refractivity contribution in [2.24, 2.45) is 5.14 Å². The van der Waals surface area contributed by atoms with Crippen LogP contribution < -0.4 is 5.14 Å². The number of hydrogen-bond donors (Lipinski definition) is 1. The van der Waals surface area contributed by atoms with Crippen LogP contribution in [0.15, 0.2) is 24.5 Å². The van der Waals surface area contributed by atoms with Gasteiger partial charge in [0.1, 0.15) is 0 Å². The van der Waals surface area contributed by atoms with Crippen molar-refractivity contribution in [2.45, 2.75) is 18.6 Å². The van der Waals surface area contributed by atoms with Gasteiger partial charge in [0.15, 0.2) is 0 Å². The van der Waals surface area contributed by atoms with Crippen LogP contribution in [0.1, 0.15) is 12.5 Å². The van der Waals surface area contributed by atoms with Crippen molar-refractivity contribution >= 4 is 10.0 Å². The molecule has 2 N–H and O–H groups in total. The van der Waals surface area contributed by atoms with Crippen LogP contribution >= 0.6 is 0 Å². The molecular weight excluding hydrogens is 188 g/mol. The van der Waals surface area contributed by atoms with Crippen molar-refractivity contribution in [3.63, 3.8) is 0 Å². The van der Waals surface area contributed by atoms with Crippen molar-refractivity contribution in [2.75, 3.05) is 0 Å². The standard InChI is InChI=1S/C8H12N2O2S/c1-7(13(9,11)12)5-8-3-2-4-10-6-8/h2-4,6-7H,5H2,1H3,(H2,9,11,12). The van der Waals surface area contributed by atoms with E-state index in [1.54, 1.807) is 25.4 Å². The van der Waals surface area contributed by atoms with Crippen LogP contribution in [0.5, 0.6) is 0 Å². The van der Waals surface area contributed by atoms with Gasteiger partial charge in [-0.3, -0.25) is 4.98 Å². The summed E-state index contributed by atoms with van der Waals surface area (Å²) in [6.45, 7) is 1.59. The van der Waals surface area contributed by atoms with Crippen LogP contribution in [-0.4, -0.2) is 18.7 Å². The van der Waals surface area contributed by atoms with Crippen LogP contribution in [0.25, 0.3) is 0 Å². The van der Waals surface area contributed by atoms with Gasteiger partial charge in [-0.1, -0.05) is 6.07 Å². The molecule has 0 aliphatic heterocycles. The molecule has 1 aromatic rings. The summed E-state index contributed by atoms with van der Waals surface area (Å²) in [6.07, 6.45) is 3.69. The van der Waals surface area contributed by atoms with E-state index in [1.165, 1.54) is 0 Å². The van der Waals surface area contributed by atoms with Gasteiger partial charge in [-0.25, -0.2) is 13.6 Å². The molecule has 0 aromatic carbocycles. The maximum absolute atomic E-state index is 10.9. The van der Waals surface area contributed by atoms with E-state index in [1.807, 2.05) is 6.07 Å². The second kappa shape index (κ2) is 3.85. The third-order valence-corrected chi connectivity index (χ3v) is 3.10. The molecule has 1 heterocycles. The molecule has 0 fully saturated rings. The average molecular weight is 200 g/mol. The zero-order valence-corrected chi connectivity index (χ0v) is 8.16. The van der Waals surface area contributed by atoms with Crippen molar-refractivity contribution in [3.05, 3.63) is 30.1 Å². The first-order chi connectivity index (χ1) is 6.00. The Balaban J connectivity index is 2.72. The van der Waals surface area contributed by atoms with Crippen molar-refractivity contribution in [3.8, 4) is 0 Å².